The standard InChI is InChI=1S/C13H18BrN5O/c1-13(7-15)4-2-5-19(8-13)12-16-11(17-18-12)9-3-6-20-10(9)14/h3,6H,2,4-5,7-8,15H2,1H3,(H,16,17,18). The zero-order valence-corrected chi connectivity index (χ0v) is 13.0. The van der Waals surface area contributed by atoms with Crippen LogP contribution in [-0.2, 0) is 0 Å². The molecule has 1 aliphatic heterocycles. The van der Waals surface area contributed by atoms with E-state index in [-0.39, 0.29) is 5.41 Å². The quantitative estimate of drug-likeness (QED) is 0.896. The zero-order chi connectivity index (χ0) is 14.2. The summed E-state index contributed by atoms with van der Waals surface area (Å²) in [5, 5.41) is 7.29. The molecule has 1 aliphatic rings. The highest BCUT2D eigenvalue weighted by Crippen LogP contribution is 2.31. The lowest BCUT2D eigenvalue weighted by Gasteiger charge is -2.39. The summed E-state index contributed by atoms with van der Waals surface area (Å²) in [7, 11) is 0. The van der Waals surface area contributed by atoms with Crippen LogP contribution in [0, 0.1) is 5.41 Å². The number of nitrogens with two attached hydrogens (primary N) is 1. The molecule has 1 saturated heterocycles. The summed E-state index contributed by atoms with van der Waals surface area (Å²) in [6.45, 7) is 4.78. The van der Waals surface area contributed by atoms with Crippen molar-refractivity contribution in [1.29, 1.82) is 0 Å². The van der Waals surface area contributed by atoms with Crippen molar-refractivity contribution in [3.05, 3.63) is 17.0 Å². The van der Waals surface area contributed by atoms with E-state index in [2.05, 4.69) is 42.9 Å². The molecule has 0 aliphatic carbocycles. The third-order valence-corrected chi connectivity index (χ3v) is 4.52. The Balaban J connectivity index is 1.82. The van der Waals surface area contributed by atoms with Gasteiger partial charge in [-0.15, -0.1) is 5.10 Å². The van der Waals surface area contributed by atoms with Crippen LogP contribution in [0.1, 0.15) is 19.8 Å². The van der Waals surface area contributed by atoms with Crippen LogP contribution in [0.25, 0.3) is 11.4 Å². The summed E-state index contributed by atoms with van der Waals surface area (Å²) in [6.07, 6.45) is 3.89. The molecule has 6 nitrogen and oxygen atoms in total. The minimum absolute atomic E-state index is 0.148. The first kappa shape index (κ1) is 13.6. The van der Waals surface area contributed by atoms with E-state index in [0.29, 0.717) is 17.0 Å². The zero-order valence-electron chi connectivity index (χ0n) is 11.4. The van der Waals surface area contributed by atoms with Gasteiger partial charge >= 0.3 is 0 Å². The first-order valence-corrected chi connectivity index (χ1v) is 7.51. The fourth-order valence-electron chi connectivity index (χ4n) is 2.63. The van der Waals surface area contributed by atoms with E-state index in [1.807, 2.05) is 6.07 Å². The van der Waals surface area contributed by atoms with E-state index in [1.165, 1.54) is 0 Å². The number of aromatic amines is 1. The molecule has 0 amide bonds. The molecule has 3 heterocycles. The highest BCUT2D eigenvalue weighted by molar-refractivity contribution is 9.10. The number of nitrogens with zero attached hydrogens (tertiary/aromatic N) is 3. The number of hydrogen-bond donors (Lipinski definition) is 2. The Morgan fingerprint density at radius 3 is 3.15 bits per heavy atom. The maximum Gasteiger partial charge on any atom is 0.245 e. The van der Waals surface area contributed by atoms with Crippen molar-refractivity contribution in [2.75, 3.05) is 24.5 Å². The average Bonchev–Trinajstić information content (AvgIpc) is 3.07. The molecule has 0 bridgehead atoms. The van der Waals surface area contributed by atoms with Crippen molar-refractivity contribution >= 4 is 21.9 Å². The molecule has 0 radical (unpaired) electrons. The van der Waals surface area contributed by atoms with Crippen LogP contribution in [0.4, 0.5) is 5.95 Å². The van der Waals surface area contributed by atoms with Gasteiger partial charge in [-0.3, -0.25) is 5.10 Å². The van der Waals surface area contributed by atoms with E-state index in [9.17, 15) is 0 Å². The summed E-state index contributed by atoms with van der Waals surface area (Å²) in [5.74, 6) is 1.44. The molecule has 3 N–H and O–H groups in total. The number of anilines is 1. The molecule has 1 atom stereocenters. The number of halogens is 1. The first-order valence-electron chi connectivity index (χ1n) is 6.72. The minimum atomic E-state index is 0.148. The van der Waals surface area contributed by atoms with Crippen LogP contribution < -0.4 is 10.6 Å². The molecule has 2 aromatic heterocycles. The van der Waals surface area contributed by atoms with Gasteiger partial charge < -0.3 is 15.1 Å². The molecule has 3 rings (SSSR count). The third-order valence-electron chi connectivity index (χ3n) is 3.90. The van der Waals surface area contributed by atoms with Crippen LogP contribution in [0.15, 0.2) is 21.4 Å². The lowest BCUT2D eigenvalue weighted by molar-refractivity contribution is 0.270. The predicted octanol–water partition coefficient (Wildman–Crippen LogP) is 2.39. The molecule has 1 unspecified atom stereocenters. The van der Waals surface area contributed by atoms with Crippen LogP contribution >= 0.6 is 15.9 Å². The Bertz CT molecular complexity index is 595. The van der Waals surface area contributed by atoms with Crippen molar-refractivity contribution in [3.8, 4) is 11.4 Å². The largest absolute Gasteiger partial charge is 0.457 e. The fourth-order valence-corrected chi connectivity index (χ4v) is 3.06. The number of H-pyrrole nitrogens is 1. The smallest absolute Gasteiger partial charge is 0.245 e. The van der Waals surface area contributed by atoms with Crippen LogP contribution in [0.5, 0.6) is 0 Å². The lowest BCUT2D eigenvalue weighted by Crippen LogP contribution is -2.46. The number of aromatic nitrogens is 3. The minimum Gasteiger partial charge on any atom is -0.457 e. The molecule has 0 spiro atoms. The first-order chi connectivity index (χ1) is 9.61. The highest BCUT2D eigenvalue weighted by atomic mass is 79.9. The number of rotatable bonds is 3. The summed E-state index contributed by atoms with van der Waals surface area (Å²) in [5.41, 5.74) is 6.91. The Kier molecular flexibility index (Phi) is 3.55. The number of hydrogen-bond acceptors (Lipinski definition) is 5. The van der Waals surface area contributed by atoms with E-state index >= 15 is 0 Å². The average molecular weight is 340 g/mol. The molecule has 7 heteroatoms. The monoisotopic (exact) mass is 339 g/mol. The van der Waals surface area contributed by atoms with Crippen molar-refractivity contribution in [2.24, 2.45) is 11.1 Å². The van der Waals surface area contributed by atoms with E-state index in [0.717, 1.165) is 37.4 Å². The van der Waals surface area contributed by atoms with Crippen LogP contribution in [0.2, 0.25) is 0 Å². The van der Waals surface area contributed by atoms with Gasteiger partial charge in [-0.1, -0.05) is 6.92 Å². The van der Waals surface area contributed by atoms with Gasteiger partial charge in [-0.25, -0.2) is 0 Å². The molecular formula is C13H18BrN5O. The van der Waals surface area contributed by atoms with Crippen molar-refractivity contribution in [2.45, 2.75) is 19.8 Å². The third kappa shape index (κ3) is 2.47. The summed E-state index contributed by atoms with van der Waals surface area (Å²) in [4.78, 5) is 6.76. The van der Waals surface area contributed by atoms with E-state index in [4.69, 9.17) is 10.2 Å². The molecule has 0 aromatic carbocycles. The molecule has 2 aromatic rings. The predicted molar refractivity (Wildman–Crippen MR) is 80.4 cm³/mol. The number of furan rings is 1. The second-order valence-electron chi connectivity index (χ2n) is 5.63. The molecule has 20 heavy (non-hydrogen) atoms. The van der Waals surface area contributed by atoms with E-state index < -0.39 is 0 Å². The normalized spacial score (nSPS) is 23.2. The van der Waals surface area contributed by atoms with Gasteiger partial charge in [-0.2, -0.15) is 4.98 Å². The maximum absolute atomic E-state index is 5.89. The summed E-state index contributed by atoms with van der Waals surface area (Å²) >= 11 is 3.35. The van der Waals surface area contributed by atoms with Gasteiger partial charge in [0.1, 0.15) is 0 Å². The number of piperidine rings is 1. The van der Waals surface area contributed by atoms with Gasteiger partial charge in [0.05, 0.1) is 11.8 Å². The van der Waals surface area contributed by atoms with Gasteiger partial charge in [0, 0.05) is 13.1 Å². The van der Waals surface area contributed by atoms with Crippen LogP contribution in [-0.4, -0.2) is 34.8 Å². The summed E-state index contributed by atoms with van der Waals surface area (Å²) in [6, 6.07) is 1.86. The molecule has 108 valence electrons. The highest BCUT2D eigenvalue weighted by Gasteiger charge is 2.31. The van der Waals surface area contributed by atoms with Gasteiger partial charge in [0.2, 0.25) is 5.95 Å². The molecule has 1 fully saturated rings. The Morgan fingerprint density at radius 2 is 2.45 bits per heavy atom. The maximum atomic E-state index is 5.89. The van der Waals surface area contributed by atoms with Crippen molar-refractivity contribution < 1.29 is 4.42 Å². The van der Waals surface area contributed by atoms with Gasteiger partial charge in [-0.05, 0) is 46.8 Å². The second kappa shape index (κ2) is 5.21. The second-order valence-corrected chi connectivity index (χ2v) is 6.35. The Hall–Kier alpha value is -1.34. The molecule has 0 saturated carbocycles. The van der Waals surface area contributed by atoms with Crippen molar-refractivity contribution in [1.82, 2.24) is 15.2 Å². The summed E-state index contributed by atoms with van der Waals surface area (Å²) < 4.78 is 5.88. The molecular weight excluding hydrogens is 322 g/mol. The lowest BCUT2D eigenvalue weighted by atomic mass is 9.82. The SMILES string of the molecule is CC1(CN)CCCN(c2n[nH]c(-c3ccoc3Br)n2)C1. The van der Waals surface area contributed by atoms with Crippen LogP contribution in [0.3, 0.4) is 0 Å². The van der Waals surface area contributed by atoms with Gasteiger partial charge in [0.25, 0.3) is 0 Å². The van der Waals surface area contributed by atoms with E-state index in [1.54, 1.807) is 6.26 Å². The van der Waals surface area contributed by atoms with Crippen molar-refractivity contribution in [3.63, 3.8) is 0 Å². The Morgan fingerprint density at radius 1 is 1.60 bits per heavy atom. The fraction of sp³-hybridized carbons (Fsp3) is 0.538. The Labute approximate surface area is 125 Å². The van der Waals surface area contributed by atoms with Gasteiger partial charge in [0.15, 0.2) is 10.5 Å². The topological polar surface area (TPSA) is 84.0 Å². The number of nitrogens with one attached hydrogen (secondary N) is 1.